The minimum atomic E-state index is 0.593. The zero-order chi connectivity index (χ0) is 12.5. The molecule has 1 aromatic rings. The van der Waals surface area contributed by atoms with Gasteiger partial charge in [-0.05, 0) is 62.9 Å². The molecular formula is C16H24N2. The van der Waals surface area contributed by atoms with Crippen LogP contribution in [0.2, 0.25) is 0 Å². The maximum atomic E-state index is 3.64. The summed E-state index contributed by atoms with van der Waals surface area (Å²) in [4.78, 5) is 2.69. The van der Waals surface area contributed by atoms with Crippen molar-refractivity contribution in [2.45, 2.75) is 51.6 Å². The van der Waals surface area contributed by atoms with Gasteiger partial charge in [0.1, 0.15) is 0 Å². The van der Waals surface area contributed by atoms with Gasteiger partial charge in [-0.25, -0.2) is 0 Å². The van der Waals surface area contributed by atoms with Crippen LogP contribution in [0.1, 0.15) is 50.3 Å². The highest BCUT2D eigenvalue weighted by atomic mass is 15.2. The van der Waals surface area contributed by atoms with Gasteiger partial charge < -0.3 is 5.32 Å². The monoisotopic (exact) mass is 244 g/mol. The van der Waals surface area contributed by atoms with Gasteiger partial charge in [0.15, 0.2) is 0 Å². The highest BCUT2D eigenvalue weighted by Gasteiger charge is 2.30. The lowest BCUT2D eigenvalue weighted by atomic mass is 9.91. The molecule has 0 amide bonds. The van der Waals surface area contributed by atoms with Gasteiger partial charge in [0.25, 0.3) is 0 Å². The van der Waals surface area contributed by atoms with Crippen LogP contribution in [0.3, 0.4) is 0 Å². The first-order chi connectivity index (χ1) is 8.78. The van der Waals surface area contributed by atoms with Crippen LogP contribution < -0.4 is 5.32 Å². The lowest BCUT2D eigenvalue weighted by Gasteiger charge is -2.37. The molecule has 1 aromatic carbocycles. The largest absolute Gasteiger partial charge is 0.382 e. The van der Waals surface area contributed by atoms with Crippen molar-refractivity contribution in [2.24, 2.45) is 0 Å². The van der Waals surface area contributed by atoms with Crippen LogP contribution >= 0.6 is 0 Å². The third-order valence-electron chi connectivity index (χ3n) is 4.44. The average Bonchev–Trinajstić information content (AvgIpc) is 2.91. The van der Waals surface area contributed by atoms with Crippen LogP contribution in [0, 0.1) is 0 Å². The second-order valence-corrected chi connectivity index (χ2v) is 5.82. The summed E-state index contributed by atoms with van der Waals surface area (Å²) >= 11 is 0. The number of nitrogens with zero attached hydrogens (tertiary/aromatic N) is 1. The quantitative estimate of drug-likeness (QED) is 0.855. The highest BCUT2D eigenvalue weighted by molar-refractivity contribution is 5.57. The summed E-state index contributed by atoms with van der Waals surface area (Å²) in [6.45, 7) is 7.12. The van der Waals surface area contributed by atoms with Gasteiger partial charge in [-0.3, -0.25) is 4.90 Å². The number of likely N-dealkylation sites (tertiary alicyclic amines) is 1. The van der Waals surface area contributed by atoms with Crippen LogP contribution in [0.25, 0.3) is 0 Å². The number of hydrogen-bond donors (Lipinski definition) is 1. The lowest BCUT2D eigenvalue weighted by Crippen LogP contribution is -2.35. The summed E-state index contributed by atoms with van der Waals surface area (Å²) in [7, 11) is 0. The van der Waals surface area contributed by atoms with Crippen LogP contribution in [-0.4, -0.2) is 24.0 Å². The first-order valence-electron chi connectivity index (χ1n) is 7.41. The molecular weight excluding hydrogens is 220 g/mol. The van der Waals surface area contributed by atoms with E-state index in [1.165, 1.54) is 49.2 Å². The molecule has 2 atom stereocenters. The second-order valence-electron chi connectivity index (χ2n) is 5.82. The van der Waals surface area contributed by atoms with Gasteiger partial charge >= 0.3 is 0 Å². The molecule has 0 aromatic heterocycles. The van der Waals surface area contributed by atoms with Crippen molar-refractivity contribution >= 4 is 5.69 Å². The van der Waals surface area contributed by atoms with Crippen LogP contribution in [0.5, 0.6) is 0 Å². The van der Waals surface area contributed by atoms with E-state index in [0.717, 1.165) is 6.42 Å². The molecule has 2 nitrogen and oxygen atoms in total. The van der Waals surface area contributed by atoms with Crippen molar-refractivity contribution in [3.8, 4) is 0 Å². The van der Waals surface area contributed by atoms with E-state index in [0.29, 0.717) is 12.1 Å². The van der Waals surface area contributed by atoms with E-state index in [-0.39, 0.29) is 0 Å². The molecule has 1 N–H and O–H groups in total. The van der Waals surface area contributed by atoms with E-state index in [2.05, 4.69) is 42.3 Å². The van der Waals surface area contributed by atoms with Crippen LogP contribution in [-0.2, 0) is 6.42 Å². The predicted octanol–water partition coefficient (Wildman–Crippen LogP) is 3.59. The van der Waals surface area contributed by atoms with Gasteiger partial charge in [-0.2, -0.15) is 0 Å². The van der Waals surface area contributed by atoms with Gasteiger partial charge in [0.05, 0.1) is 0 Å². The number of hydrogen-bond acceptors (Lipinski definition) is 2. The van der Waals surface area contributed by atoms with Crippen molar-refractivity contribution < 1.29 is 0 Å². The molecule has 2 aliphatic heterocycles. The molecule has 0 saturated carbocycles. The fourth-order valence-electron chi connectivity index (χ4n) is 3.42. The molecule has 0 aliphatic carbocycles. The standard InChI is InChI=1S/C16H24N2/c1-3-13-6-7-15-14(11-13)16(10-12(2)17-15)18-8-4-5-9-18/h6-7,11-12,16-17H,3-5,8-10H2,1-2H3. The molecule has 2 heteroatoms. The molecule has 3 rings (SSSR count). The zero-order valence-electron chi connectivity index (χ0n) is 11.6. The van der Waals surface area contributed by atoms with E-state index in [9.17, 15) is 0 Å². The Kier molecular flexibility index (Phi) is 3.29. The molecule has 98 valence electrons. The second kappa shape index (κ2) is 4.93. The summed E-state index contributed by atoms with van der Waals surface area (Å²) in [5.74, 6) is 0. The van der Waals surface area contributed by atoms with Gasteiger partial charge in [0, 0.05) is 17.8 Å². The number of nitrogens with one attached hydrogen (secondary N) is 1. The molecule has 0 spiro atoms. The third-order valence-corrected chi connectivity index (χ3v) is 4.44. The Balaban J connectivity index is 1.95. The Hall–Kier alpha value is -1.02. The first kappa shape index (κ1) is 12.0. The minimum absolute atomic E-state index is 0.593. The normalized spacial score (nSPS) is 27.9. The number of benzene rings is 1. The Labute approximate surface area is 110 Å². The van der Waals surface area contributed by atoms with Crippen molar-refractivity contribution in [3.63, 3.8) is 0 Å². The maximum Gasteiger partial charge on any atom is 0.0391 e. The minimum Gasteiger partial charge on any atom is -0.382 e. The number of rotatable bonds is 2. The smallest absolute Gasteiger partial charge is 0.0391 e. The van der Waals surface area contributed by atoms with Crippen molar-refractivity contribution in [1.29, 1.82) is 0 Å². The predicted molar refractivity (Wildman–Crippen MR) is 77.1 cm³/mol. The van der Waals surface area contributed by atoms with E-state index < -0.39 is 0 Å². The molecule has 0 bridgehead atoms. The molecule has 18 heavy (non-hydrogen) atoms. The molecule has 2 unspecified atom stereocenters. The summed E-state index contributed by atoms with van der Waals surface area (Å²) in [5.41, 5.74) is 4.37. The Morgan fingerprint density at radius 2 is 2.06 bits per heavy atom. The maximum absolute atomic E-state index is 3.64. The molecule has 0 radical (unpaired) electrons. The van der Waals surface area contributed by atoms with Gasteiger partial charge in [-0.1, -0.05) is 19.1 Å². The third kappa shape index (κ3) is 2.14. The molecule has 2 heterocycles. The summed E-state index contributed by atoms with van der Waals surface area (Å²) in [6, 6.07) is 8.22. The lowest BCUT2D eigenvalue weighted by molar-refractivity contribution is 0.223. The fraction of sp³-hybridized carbons (Fsp3) is 0.625. The van der Waals surface area contributed by atoms with E-state index >= 15 is 0 Å². The molecule has 2 aliphatic rings. The van der Waals surface area contributed by atoms with Gasteiger partial charge in [0.2, 0.25) is 0 Å². The molecule has 1 fully saturated rings. The van der Waals surface area contributed by atoms with Gasteiger partial charge in [-0.15, -0.1) is 0 Å². The average molecular weight is 244 g/mol. The first-order valence-corrected chi connectivity index (χ1v) is 7.41. The Morgan fingerprint density at radius 1 is 1.28 bits per heavy atom. The Bertz CT molecular complexity index is 421. The summed E-state index contributed by atoms with van der Waals surface area (Å²) in [5, 5.41) is 3.64. The topological polar surface area (TPSA) is 15.3 Å². The van der Waals surface area contributed by atoms with Crippen molar-refractivity contribution in [2.75, 3.05) is 18.4 Å². The Morgan fingerprint density at radius 3 is 2.78 bits per heavy atom. The van der Waals surface area contributed by atoms with Crippen LogP contribution in [0.4, 0.5) is 5.69 Å². The summed E-state index contributed by atoms with van der Waals surface area (Å²) < 4.78 is 0. The van der Waals surface area contributed by atoms with Crippen molar-refractivity contribution in [1.82, 2.24) is 4.90 Å². The summed E-state index contributed by atoms with van der Waals surface area (Å²) in [6.07, 6.45) is 5.14. The van der Waals surface area contributed by atoms with E-state index in [1.807, 2.05) is 0 Å². The van der Waals surface area contributed by atoms with E-state index in [1.54, 1.807) is 0 Å². The highest BCUT2D eigenvalue weighted by Crippen LogP contribution is 2.38. The zero-order valence-corrected chi connectivity index (χ0v) is 11.6. The SMILES string of the molecule is CCc1ccc2c(c1)C(N1CCCC1)CC(C)N2. The van der Waals surface area contributed by atoms with Crippen LogP contribution in [0.15, 0.2) is 18.2 Å². The van der Waals surface area contributed by atoms with Crippen molar-refractivity contribution in [3.05, 3.63) is 29.3 Å². The molecule has 1 saturated heterocycles. The van der Waals surface area contributed by atoms with E-state index in [4.69, 9.17) is 0 Å². The fourth-order valence-corrected chi connectivity index (χ4v) is 3.42. The number of aryl methyl sites for hydroxylation is 1. The number of fused-ring (bicyclic) bond motifs is 1. The number of anilines is 1.